The van der Waals surface area contributed by atoms with Crippen LogP contribution in [0.5, 0.6) is 0 Å². The zero-order chi connectivity index (χ0) is 9.89. The molecule has 0 aliphatic carbocycles. The topological polar surface area (TPSA) is 57.5 Å². The van der Waals surface area contributed by atoms with Crippen molar-refractivity contribution in [2.45, 2.75) is 39.9 Å². The van der Waals surface area contributed by atoms with E-state index in [2.05, 4.69) is 0 Å². The molecule has 0 aromatic rings. The fourth-order valence-corrected chi connectivity index (χ4v) is 0.931. The molecule has 0 amide bonds. The summed E-state index contributed by atoms with van der Waals surface area (Å²) in [7, 11) is 0. The van der Waals surface area contributed by atoms with Crippen LogP contribution in [0.25, 0.3) is 0 Å². The van der Waals surface area contributed by atoms with E-state index in [0.717, 1.165) is 0 Å². The van der Waals surface area contributed by atoms with Gasteiger partial charge in [0.05, 0.1) is 12.2 Å². The highest BCUT2D eigenvalue weighted by atomic mass is 16.3. The number of aliphatic hydroxyl groups excluding tert-OH is 2. The van der Waals surface area contributed by atoms with Crippen molar-refractivity contribution in [2.75, 3.05) is 0 Å². The van der Waals surface area contributed by atoms with Crippen LogP contribution in [0.2, 0.25) is 0 Å². The van der Waals surface area contributed by atoms with E-state index in [0.29, 0.717) is 0 Å². The van der Waals surface area contributed by atoms with Crippen LogP contribution in [-0.4, -0.2) is 28.2 Å². The predicted octanol–water partition coefficient (Wildman–Crippen LogP) is 0.589. The maximum atomic E-state index is 10.8. The van der Waals surface area contributed by atoms with Crippen LogP contribution in [0.3, 0.4) is 0 Å². The fraction of sp³-hybridized carbons (Fsp3) is 0.889. The summed E-state index contributed by atoms with van der Waals surface area (Å²) in [5.41, 5.74) is 0. The molecule has 3 atom stereocenters. The van der Waals surface area contributed by atoms with Crippen molar-refractivity contribution in [2.24, 2.45) is 11.8 Å². The molecule has 72 valence electrons. The van der Waals surface area contributed by atoms with Gasteiger partial charge in [-0.05, 0) is 12.8 Å². The Morgan fingerprint density at radius 1 is 1.08 bits per heavy atom. The molecule has 0 aromatic heterocycles. The third-order valence-electron chi connectivity index (χ3n) is 2.19. The lowest BCUT2D eigenvalue weighted by molar-refractivity contribution is -0.127. The van der Waals surface area contributed by atoms with E-state index < -0.39 is 18.1 Å². The van der Waals surface area contributed by atoms with E-state index in [1.165, 1.54) is 6.92 Å². The Morgan fingerprint density at radius 2 is 1.50 bits per heavy atom. The number of aliphatic hydroxyl groups is 2. The fourth-order valence-electron chi connectivity index (χ4n) is 0.931. The lowest BCUT2D eigenvalue weighted by atomic mass is 9.91. The zero-order valence-corrected chi connectivity index (χ0v) is 8.11. The number of hydrogen-bond donors (Lipinski definition) is 2. The number of ketones is 1. The molecular formula is C9H18O3. The minimum Gasteiger partial charge on any atom is -0.390 e. The van der Waals surface area contributed by atoms with Gasteiger partial charge in [-0.15, -0.1) is 0 Å². The molecule has 0 saturated carbocycles. The second-order valence-electron chi connectivity index (χ2n) is 3.62. The van der Waals surface area contributed by atoms with Crippen LogP contribution in [0.1, 0.15) is 27.7 Å². The third kappa shape index (κ3) is 2.91. The number of hydrogen-bond acceptors (Lipinski definition) is 3. The summed E-state index contributed by atoms with van der Waals surface area (Å²) >= 11 is 0. The molecule has 0 spiro atoms. The Kier molecular flexibility index (Phi) is 4.42. The normalized spacial score (nSPS) is 18.9. The molecule has 3 nitrogen and oxygen atoms in total. The highest BCUT2D eigenvalue weighted by molar-refractivity contribution is 5.78. The van der Waals surface area contributed by atoms with Gasteiger partial charge in [0.2, 0.25) is 0 Å². The minimum atomic E-state index is -0.942. The van der Waals surface area contributed by atoms with E-state index in [-0.39, 0.29) is 11.7 Å². The van der Waals surface area contributed by atoms with Gasteiger partial charge in [0.1, 0.15) is 5.78 Å². The van der Waals surface area contributed by atoms with Gasteiger partial charge in [-0.25, -0.2) is 0 Å². The molecule has 0 aromatic carbocycles. The molecule has 0 fully saturated rings. The van der Waals surface area contributed by atoms with Gasteiger partial charge in [-0.2, -0.15) is 0 Å². The van der Waals surface area contributed by atoms with Crippen LogP contribution >= 0.6 is 0 Å². The van der Waals surface area contributed by atoms with Gasteiger partial charge < -0.3 is 10.2 Å². The van der Waals surface area contributed by atoms with Crippen molar-refractivity contribution >= 4 is 5.78 Å². The second kappa shape index (κ2) is 4.58. The first-order valence-corrected chi connectivity index (χ1v) is 4.24. The van der Waals surface area contributed by atoms with Crippen molar-refractivity contribution in [3.63, 3.8) is 0 Å². The highest BCUT2D eigenvalue weighted by Crippen LogP contribution is 2.14. The van der Waals surface area contributed by atoms with Crippen molar-refractivity contribution in [1.29, 1.82) is 0 Å². The first-order valence-electron chi connectivity index (χ1n) is 4.24. The number of Topliss-reactive ketones (excluding diaryl/α,β-unsaturated/α-hetero) is 1. The van der Waals surface area contributed by atoms with E-state index in [1.807, 2.05) is 0 Å². The number of carbonyl (C=O) groups excluding carboxylic acids is 1. The molecule has 0 rings (SSSR count). The van der Waals surface area contributed by atoms with E-state index in [1.54, 1.807) is 20.8 Å². The molecule has 0 bridgehead atoms. The summed E-state index contributed by atoms with van der Waals surface area (Å²) < 4.78 is 0. The van der Waals surface area contributed by atoms with E-state index in [9.17, 15) is 15.0 Å². The number of carbonyl (C=O) groups is 1. The molecular weight excluding hydrogens is 156 g/mol. The van der Waals surface area contributed by atoms with Gasteiger partial charge in [0.15, 0.2) is 0 Å². The molecule has 0 heterocycles. The Balaban J connectivity index is 4.18. The van der Waals surface area contributed by atoms with Crippen LogP contribution in [0, 0.1) is 11.8 Å². The van der Waals surface area contributed by atoms with Crippen molar-refractivity contribution in [3.05, 3.63) is 0 Å². The molecule has 0 aliphatic heterocycles. The predicted molar refractivity (Wildman–Crippen MR) is 46.7 cm³/mol. The second-order valence-corrected chi connectivity index (χ2v) is 3.62. The summed E-state index contributed by atoms with van der Waals surface area (Å²) in [5, 5.41) is 18.9. The summed E-state index contributed by atoms with van der Waals surface area (Å²) in [6, 6.07) is 0. The van der Waals surface area contributed by atoms with Gasteiger partial charge in [-0.3, -0.25) is 4.79 Å². The van der Waals surface area contributed by atoms with Gasteiger partial charge >= 0.3 is 0 Å². The minimum absolute atomic E-state index is 0.0261. The molecule has 0 aliphatic rings. The highest BCUT2D eigenvalue weighted by Gasteiger charge is 2.27. The molecule has 2 N–H and O–H groups in total. The van der Waals surface area contributed by atoms with Gasteiger partial charge in [0, 0.05) is 5.92 Å². The molecule has 0 unspecified atom stereocenters. The Hall–Kier alpha value is -0.410. The average Bonchev–Trinajstić information content (AvgIpc) is 2.00. The lowest BCUT2D eigenvalue weighted by Crippen LogP contribution is -2.38. The quantitative estimate of drug-likeness (QED) is 0.655. The van der Waals surface area contributed by atoms with Crippen LogP contribution < -0.4 is 0 Å². The first kappa shape index (κ1) is 11.6. The smallest absolute Gasteiger partial charge is 0.135 e. The maximum Gasteiger partial charge on any atom is 0.135 e. The van der Waals surface area contributed by atoms with Crippen LogP contribution in [0.4, 0.5) is 0 Å². The molecule has 3 heteroatoms. The lowest BCUT2D eigenvalue weighted by Gasteiger charge is -2.24. The Labute approximate surface area is 73.4 Å². The Bertz CT molecular complexity index is 154. The van der Waals surface area contributed by atoms with Crippen molar-refractivity contribution in [3.8, 4) is 0 Å². The van der Waals surface area contributed by atoms with Crippen LogP contribution in [0.15, 0.2) is 0 Å². The zero-order valence-electron chi connectivity index (χ0n) is 8.11. The van der Waals surface area contributed by atoms with Gasteiger partial charge in [-0.1, -0.05) is 20.8 Å². The van der Waals surface area contributed by atoms with Crippen molar-refractivity contribution in [1.82, 2.24) is 0 Å². The van der Waals surface area contributed by atoms with E-state index >= 15 is 0 Å². The summed E-state index contributed by atoms with van der Waals surface area (Å²) in [6.45, 7) is 6.65. The largest absolute Gasteiger partial charge is 0.390 e. The van der Waals surface area contributed by atoms with Crippen LogP contribution in [-0.2, 0) is 4.79 Å². The Morgan fingerprint density at radius 3 is 1.75 bits per heavy atom. The molecule has 0 saturated heterocycles. The molecule has 0 radical (unpaired) electrons. The third-order valence-corrected chi connectivity index (χ3v) is 2.19. The number of rotatable bonds is 4. The first-order chi connectivity index (χ1) is 5.37. The average molecular weight is 174 g/mol. The SMILES string of the molecule is CC(=O)[C@H](C)[C@@H](O)[C@@H](O)C(C)C. The molecule has 12 heavy (non-hydrogen) atoms. The summed E-state index contributed by atoms with van der Waals surface area (Å²) in [6.07, 6.45) is -1.76. The van der Waals surface area contributed by atoms with E-state index in [4.69, 9.17) is 0 Å². The summed E-state index contributed by atoms with van der Waals surface area (Å²) in [4.78, 5) is 10.8. The standard InChI is InChI=1S/C9H18O3/c1-5(2)8(11)9(12)6(3)7(4)10/h5-6,8-9,11-12H,1-4H3/t6-,8-,9+/m0/s1. The summed E-state index contributed by atoms with van der Waals surface area (Å²) in [5.74, 6) is -0.605. The maximum absolute atomic E-state index is 10.8. The van der Waals surface area contributed by atoms with Crippen molar-refractivity contribution < 1.29 is 15.0 Å². The van der Waals surface area contributed by atoms with Gasteiger partial charge in [0.25, 0.3) is 0 Å². The monoisotopic (exact) mass is 174 g/mol.